The second kappa shape index (κ2) is 4.67. The molecule has 5 nitrogen and oxygen atoms in total. The lowest BCUT2D eigenvalue weighted by molar-refractivity contribution is -0.166. The first-order valence-electron chi connectivity index (χ1n) is 9.38. The van der Waals surface area contributed by atoms with Crippen LogP contribution in [0, 0.1) is 34.0 Å². The first-order chi connectivity index (χ1) is 11.5. The molecule has 25 heavy (non-hydrogen) atoms. The smallest absolute Gasteiger partial charge is 0.309 e. The highest BCUT2D eigenvalue weighted by molar-refractivity contribution is 5.79. The molecule has 0 unspecified atom stereocenters. The molecule has 0 aromatic rings. The van der Waals surface area contributed by atoms with E-state index >= 15 is 0 Å². The monoisotopic (exact) mass is 348 g/mol. The Morgan fingerprint density at radius 2 is 1.84 bits per heavy atom. The van der Waals surface area contributed by atoms with E-state index in [1.807, 2.05) is 0 Å². The normalized spacial score (nSPS) is 54.0. The summed E-state index contributed by atoms with van der Waals surface area (Å²) in [4.78, 5) is 24.7. The Bertz CT molecular complexity index is 686. The fourth-order valence-electron chi connectivity index (χ4n) is 7.87. The topological polar surface area (TPSA) is 94.8 Å². The highest BCUT2D eigenvalue weighted by Crippen LogP contribution is 2.78. The molecule has 138 valence electrons. The van der Waals surface area contributed by atoms with Gasteiger partial charge in [-0.05, 0) is 73.7 Å². The molecule has 2 bridgehead atoms. The van der Waals surface area contributed by atoms with Crippen LogP contribution in [0.2, 0.25) is 0 Å². The minimum atomic E-state index is -1.02. The zero-order valence-electron chi connectivity index (χ0n) is 15.0. The molecular weight excluding hydrogens is 320 g/mol. The van der Waals surface area contributed by atoms with E-state index < -0.39 is 40.2 Å². The standard InChI is InChI=1S/C20H28O5/c1-11-9-19-10-20(11,25)8-5-12(19)17(2)6-4-7-18(3,16(23)24)14(17)13(19)15(21)22/h12-14,25H,1,4-10H2,2-3H3,(H,21,22)(H,23,24)/t12-,13+,14-,17-,18+,19-,20-/m0/s1. The van der Waals surface area contributed by atoms with E-state index in [-0.39, 0.29) is 11.3 Å². The van der Waals surface area contributed by atoms with Crippen molar-refractivity contribution in [2.45, 2.75) is 64.4 Å². The Hall–Kier alpha value is -1.36. The van der Waals surface area contributed by atoms with Gasteiger partial charge in [0.05, 0.1) is 16.9 Å². The van der Waals surface area contributed by atoms with Crippen LogP contribution < -0.4 is 0 Å². The Kier molecular flexibility index (Phi) is 3.19. The lowest BCUT2D eigenvalue weighted by atomic mass is 9.53. The molecule has 4 aliphatic rings. The van der Waals surface area contributed by atoms with Crippen molar-refractivity contribution >= 4 is 11.9 Å². The van der Waals surface area contributed by atoms with E-state index in [0.717, 1.165) is 24.8 Å². The first kappa shape index (κ1) is 17.1. The van der Waals surface area contributed by atoms with Gasteiger partial charge < -0.3 is 15.3 Å². The largest absolute Gasteiger partial charge is 0.481 e. The van der Waals surface area contributed by atoms with E-state index in [4.69, 9.17) is 0 Å². The minimum absolute atomic E-state index is 0.143. The van der Waals surface area contributed by atoms with Crippen LogP contribution in [0.15, 0.2) is 12.2 Å². The summed E-state index contributed by atoms with van der Waals surface area (Å²) in [5.41, 5.74) is -2.09. The van der Waals surface area contributed by atoms with Crippen molar-refractivity contribution in [1.29, 1.82) is 0 Å². The summed E-state index contributed by atoms with van der Waals surface area (Å²) < 4.78 is 0. The molecular formula is C20H28O5. The molecule has 3 N–H and O–H groups in total. The number of aliphatic carboxylic acids is 2. The van der Waals surface area contributed by atoms with Crippen LogP contribution in [-0.4, -0.2) is 32.9 Å². The van der Waals surface area contributed by atoms with Crippen LogP contribution in [-0.2, 0) is 9.59 Å². The van der Waals surface area contributed by atoms with Gasteiger partial charge in [0.25, 0.3) is 0 Å². The average Bonchev–Trinajstić information content (AvgIpc) is 2.83. The molecule has 4 rings (SSSR count). The van der Waals surface area contributed by atoms with Crippen molar-refractivity contribution in [3.05, 3.63) is 12.2 Å². The number of carboxylic acid groups (broad SMARTS) is 2. The second-order valence-corrected chi connectivity index (χ2v) is 9.69. The van der Waals surface area contributed by atoms with Gasteiger partial charge in [-0.25, -0.2) is 0 Å². The third kappa shape index (κ3) is 1.78. The Labute approximate surface area is 148 Å². The molecule has 4 fully saturated rings. The number of hydrogen-bond acceptors (Lipinski definition) is 3. The third-order valence-electron chi connectivity index (χ3n) is 8.67. The van der Waals surface area contributed by atoms with Gasteiger partial charge in [0, 0.05) is 0 Å². The van der Waals surface area contributed by atoms with Gasteiger partial charge in [0.15, 0.2) is 0 Å². The fraction of sp³-hybridized carbons (Fsp3) is 0.800. The number of aliphatic hydroxyl groups is 1. The third-order valence-corrected chi connectivity index (χ3v) is 8.67. The molecule has 0 amide bonds. The highest BCUT2D eigenvalue weighted by Gasteiger charge is 2.76. The molecule has 1 spiro atoms. The van der Waals surface area contributed by atoms with Crippen LogP contribution in [0.4, 0.5) is 0 Å². The molecule has 0 heterocycles. The van der Waals surface area contributed by atoms with Crippen molar-refractivity contribution in [2.24, 2.45) is 34.0 Å². The Balaban J connectivity index is 1.94. The quantitative estimate of drug-likeness (QED) is 0.667. The minimum Gasteiger partial charge on any atom is -0.481 e. The van der Waals surface area contributed by atoms with Gasteiger partial charge in [0.2, 0.25) is 0 Å². The zero-order chi connectivity index (χ0) is 18.4. The van der Waals surface area contributed by atoms with Crippen LogP contribution in [0.5, 0.6) is 0 Å². The van der Waals surface area contributed by atoms with Gasteiger partial charge in [-0.15, -0.1) is 0 Å². The summed E-state index contributed by atoms with van der Waals surface area (Å²) >= 11 is 0. The zero-order valence-corrected chi connectivity index (χ0v) is 15.0. The van der Waals surface area contributed by atoms with Gasteiger partial charge in [-0.3, -0.25) is 9.59 Å². The number of carbonyl (C=O) groups is 2. The number of rotatable bonds is 2. The van der Waals surface area contributed by atoms with E-state index in [0.29, 0.717) is 25.7 Å². The first-order valence-corrected chi connectivity index (χ1v) is 9.38. The average molecular weight is 348 g/mol. The van der Waals surface area contributed by atoms with Crippen LogP contribution in [0.25, 0.3) is 0 Å². The molecule has 0 radical (unpaired) electrons. The number of carboxylic acids is 2. The summed E-state index contributed by atoms with van der Waals surface area (Å²) in [6.45, 7) is 7.94. The van der Waals surface area contributed by atoms with Crippen molar-refractivity contribution in [3.8, 4) is 0 Å². The molecule has 0 aromatic carbocycles. The van der Waals surface area contributed by atoms with Gasteiger partial charge >= 0.3 is 11.9 Å². The maximum Gasteiger partial charge on any atom is 0.309 e. The van der Waals surface area contributed by atoms with Crippen LogP contribution >= 0.6 is 0 Å². The lowest BCUT2D eigenvalue weighted by Crippen LogP contribution is -2.50. The van der Waals surface area contributed by atoms with Crippen molar-refractivity contribution in [1.82, 2.24) is 0 Å². The summed E-state index contributed by atoms with van der Waals surface area (Å²) in [6, 6.07) is 0. The fourth-order valence-corrected chi connectivity index (χ4v) is 7.87. The number of hydrogen-bond donors (Lipinski definition) is 3. The van der Waals surface area contributed by atoms with Crippen molar-refractivity contribution < 1.29 is 24.9 Å². The van der Waals surface area contributed by atoms with E-state index in [9.17, 15) is 24.9 Å². The van der Waals surface area contributed by atoms with Crippen LogP contribution in [0.3, 0.4) is 0 Å². The Morgan fingerprint density at radius 1 is 1.16 bits per heavy atom. The molecule has 4 aliphatic carbocycles. The molecule has 4 saturated carbocycles. The van der Waals surface area contributed by atoms with E-state index in [2.05, 4.69) is 13.5 Å². The summed E-state index contributed by atoms with van der Waals surface area (Å²) in [5.74, 6) is -2.76. The van der Waals surface area contributed by atoms with Gasteiger partial charge in [-0.2, -0.15) is 0 Å². The van der Waals surface area contributed by atoms with Crippen molar-refractivity contribution in [2.75, 3.05) is 0 Å². The lowest BCUT2D eigenvalue weighted by Gasteiger charge is -2.50. The molecule has 7 atom stereocenters. The van der Waals surface area contributed by atoms with Gasteiger partial charge in [-0.1, -0.05) is 19.9 Å². The van der Waals surface area contributed by atoms with Gasteiger partial charge in [0.1, 0.15) is 0 Å². The molecule has 5 heteroatoms. The summed E-state index contributed by atoms with van der Waals surface area (Å²) in [6.07, 6.45) is 4.57. The second-order valence-electron chi connectivity index (χ2n) is 9.69. The van der Waals surface area contributed by atoms with E-state index in [1.54, 1.807) is 6.92 Å². The predicted molar refractivity (Wildman–Crippen MR) is 90.8 cm³/mol. The predicted octanol–water partition coefficient (Wildman–Crippen LogP) is 3.08. The Morgan fingerprint density at radius 3 is 2.44 bits per heavy atom. The highest BCUT2D eigenvalue weighted by atomic mass is 16.4. The summed E-state index contributed by atoms with van der Waals surface area (Å²) in [7, 11) is 0. The van der Waals surface area contributed by atoms with Crippen LogP contribution in [0.1, 0.15) is 58.8 Å². The van der Waals surface area contributed by atoms with E-state index in [1.165, 1.54) is 0 Å². The van der Waals surface area contributed by atoms with Crippen molar-refractivity contribution in [3.63, 3.8) is 0 Å². The molecule has 0 saturated heterocycles. The SMILES string of the molecule is C=C1C[C@]23C[C@@]1(O)CC[C@H]2[C@]1(C)CCC[C@@](C)(C(=O)O)[C@H]1[C@@H]3C(=O)O. The maximum absolute atomic E-state index is 12.5. The molecule has 0 aromatic heterocycles. The molecule has 0 aliphatic heterocycles. The summed E-state index contributed by atoms with van der Waals surface area (Å²) in [5, 5.41) is 31.2. The number of fused-ring (bicyclic) bond motifs is 3. The maximum atomic E-state index is 12.5.